The standard InChI is InChI=1S/C13H19N3O4S/c1-10-4-5-12(16(17)18)9-13(10)21(19,20)15-8-6-11-3-2-7-14-11/h4-5,9,11,14-15H,2-3,6-8H2,1H3. The summed E-state index contributed by atoms with van der Waals surface area (Å²) in [7, 11) is -3.72. The van der Waals surface area contributed by atoms with Crippen molar-refractivity contribution in [3.63, 3.8) is 0 Å². The van der Waals surface area contributed by atoms with Crippen molar-refractivity contribution in [2.24, 2.45) is 0 Å². The van der Waals surface area contributed by atoms with E-state index in [9.17, 15) is 18.5 Å². The summed E-state index contributed by atoms with van der Waals surface area (Å²) in [6, 6.07) is 4.20. The van der Waals surface area contributed by atoms with E-state index in [1.54, 1.807) is 6.92 Å². The summed E-state index contributed by atoms with van der Waals surface area (Å²) in [6.07, 6.45) is 2.88. The van der Waals surface area contributed by atoms with Crippen LogP contribution in [-0.2, 0) is 10.0 Å². The van der Waals surface area contributed by atoms with Gasteiger partial charge in [0.2, 0.25) is 10.0 Å². The molecule has 21 heavy (non-hydrogen) atoms. The molecule has 1 aromatic carbocycles. The lowest BCUT2D eigenvalue weighted by Gasteiger charge is -2.12. The molecule has 116 valence electrons. The third-order valence-electron chi connectivity index (χ3n) is 3.62. The number of aryl methyl sites for hydroxylation is 1. The highest BCUT2D eigenvalue weighted by molar-refractivity contribution is 7.89. The van der Waals surface area contributed by atoms with E-state index in [1.165, 1.54) is 12.1 Å². The second-order valence-corrected chi connectivity index (χ2v) is 6.92. The van der Waals surface area contributed by atoms with Crippen molar-refractivity contribution in [3.8, 4) is 0 Å². The molecule has 1 saturated heterocycles. The molecule has 2 rings (SSSR count). The van der Waals surface area contributed by atoms with E-state index in [1.807, 2.05) is 0 Å². The quantitative estimate of drug-likeness (QED) is 0.609. The molecular weight excluding hydrogens is 294 g/mol. The van der Waals surface area contributed by atoms with Crippen molar-refractivity contribution in [1.82, 2.24) is 10.0 Å². The molecule has 7 nitrogen and oxygen atoms in total. The normalized spacial score (nSPS) is 18.8. The van der Waals surface area contributed by atoms with Gasteiger partial charge in [-0.3, -0.25) is 10.1 Å². The highest BCUT2D eigenvalue weighted by atomic mass is 32.2. The number of hydrogen-bond acceptors (Lipinski definition) is 5. The molecule has 1 heterocycles. The van der Waals surface area contributed by atoms with Crippen LogP contribution in [0.3, 0.4) is 0 Å². The van der Waals surface area contributed by atoms with Gasteiger partial charge in [-0.1, -0.05) is 6.07 Å². The van der Waals surface area contributed by atoms with E-state index in [4.69, 9.17) is 0 Å². The van der Waals surface area contributed by atoms with Crippen molar-refractivity contribution in [2.45, 2.75) is 37.1 Å². The molecule has 1 aliphatic rings. The van der Waals surface area contributed by atoms with Crippen LogP contribution >= 0.6 is 0 Å². The fraction of sp³-hybridized carbons (Fsp3) is 0.538. The lowest BCUT2D eigenvalue weighted by Crippen LogP contribution is -2.31. The summed E-state index contributed by atoms with van der Waals surface area (Å²) in [5, 5.41) is 14.1. The molecule has 0 aromatic heterocycles. The lowest BCUT2D eigenvalue weighted by molar-refractivity contribution is -0.385. The highest BCUT2D eigenvalue weighted by Crippen LogP contribution is 2.21. The summed E-state index contributed by atoms with van der Waals surface area (Å²) >= 11 is 0. The summed E-state index contributed by atoms with van der Waals surface area (Å²) < 4.78 is 27.0. The van der Waals surface area contributed by atoms with Crippen molar-refractivity contribution in [1.29, 1.82) is 0 Å². The molecule has 0 amide bonds. The van der Waals surface area contributed by atoms with E-state index < -0.39 is 14.9 Å². The molecule has 1 atom stereocenters. The number of hydrogen-bond donors (Lipinski definition) is 2. The molecule has 0 bridgehead atoms. The number of non-ortho nitro benzene ring substituents is 1. The Balaban J connectivity index is 2.07. The SMILES string of the molecule is Cc1ccc([N+](=O)[O-])cc1S(=O)(=O)NCCC1CCCN1. The lowest BCUT2D eigenvalue weighted by atomic mass is 10.2. The smallest absolute Gasteiger partial charge is 0.270 e. The average molecular weight is 313 g/mol. The zero-order chi connectivity index (χ0) is 15.5. The van der Waals surface area contributed by atoms with Crippen LogP contribution in [0.4, 0.5) is 5.69 Å². The molecule has 1 aliphatic heterocycles. The van der Waals surface area contributed by atoms with Gasteiger partial charge in [0, 0.05) is 24.7 Å². The maximum Gasteiger partial charge on any atom is 0.270 e. The number of nitro benzene ring substituents is 1. The average Bonchev–Trinajstić information content (AvgIpc) is 2.91. The number of nitrogens with zero attached hydrogens (tertiary/aromatic N) is 1. The van der Waals surface area contributed by atoms with Gasteiger partial charge in [-0.05, 0) is 38.3 Å². The second kappa shape index (κ2) is 6.50. The maximum atomic E-state index is 12.2. The Morgan fingerprint density at radius 2 is 2.24 bits per heavy atom. The van der Waals surface area contributed by atoms with Crippen LogP contribution in [0.1, 0.15) is 24.8 Å². The molecule has 0 spiro atoms. The van der Waals surface area contributed by atoms with E-state index in [2.05, 4.69) is 10.0 Å². The fourth-order valence-corrected chi connectivity index (χ4v) is 3.75. The molecular formula is C13H19N3O4S. The Bertz CT molecular complexity index is 624. The Morgan fingerprint density at radius 3 is 2.86 bits per heavy atom. The first kappa shape index (κ1) is 15.9. The van der Waals surface area contributed by atoms with Gasteiger partial charge in [-0.15, -0.1) is 0 Å². The first-order valence-electron chi connectivity index (χ1n) is 6.88. The number of benzene rings is 1. The van der Waals surface area contributed by atoms with Crippen molar-refractivity contribution in [2.75, 3.05) is 13.1 Å². The summed E-state index contributed by atoms with van der Waals surface area (Å²) in [5.74, 6) is 0. The Hall–Kier alpha value is -1.51. The van der Waals surface area contributed by atoms with Gasteiger partial charge in [0.05, 0.1) is 9.82 Å². The molecule has 0 saturated carbocycles. The molecule has 1 aromatic rings. The number of sulfonamides is 1. The molecule has 8 heteroatoms. The van der Waals surface area contributed by atoms with Gasteiger partial charge in [-0.25, -0.2) is 13.1 Å². The zero-order valence-electron chi connectivity index (χ0n) is 11.8. The predicted octanol–water partition coefficient (Wildman–Crippen LogP) is 1.32. The Labute approximate surface area is 123 Å². The van der Waals surface area contributed by atoms with Crippen molar-refractivity contribution < 1.29 is 13.3 Å². The minimum atomic E-state index is -3.72. The summed E-state index contributed by atoms with van der Waals surface area (Å²) in [6.45, 7) is 2.92. The van der Waals surface area contributed by atoms with Gasteiger partial charge < -0.3 is 5.32 Å². The Kier molecular flexibility index (Phi) is 4.92. The molecule has 2 N–H and O–H groups in total. The van der Waals surface area contributed by atoms with Crippen LogP contribution in [0.2, 0.25) is 0 Å². The van der Waals surface area contributed by atoms with Crippen LogP contribution in [0, 0.1) is 17.0 Å². The van der Waals surface area contributed by atoms with Gasteiger partial charge in [0.1, 0.15) is 0 Å². The van der Waals surface area contributed by atoms with E-state index >= 15 is 0 Å². The van der Waals surface area contributed by atoms with Gasteiger partial charge in [-0.2, -0.15) is 0 Å². The topological polar surface area (TPSA) is 101 Å². The van der Waals surface area contributed by atoms with Crippen LogP contribution < -0.4 is 10.0 Å². The molecule has 0 aliphatic carbocycles. The van der Waals surface area contributed by atoms with Gasteiger partial charge >= 0.3 is 0 Å². The number of rotatable bonds is 6. The van der Waals surface area contributed by atoms with Crippen LogP contribution in [0.5, 0.6) is 0 Å². The van der Waals surface area contributed by atoms with Crippen molar-refractivity contribution >= 4 is 15.7 Å². The van der Waals surface area contributed by atoms with Crippen LogP contribution in [0.15, 0.2) is 23.1 Å². The second-order valence-electron chi connectivity index (χ2n) is 5.19. The van der Waals surface area contributed by atoms with Crippen LogP contribution in [-0.4, -0.2) is 32.5 Å². The van der Waals surface area contributed by atoms with Crippen molar-refractivity contribution in [3.05, 3.63) is 33.9 Å². The van der Waals surface area contributed by atoms with Crippen LogP contribution in [0.25, 0.3) is 0 Å². The fourth-order valence-electron chi connectivity index (χ4n) is 2.44. The summed E-state index contributed by atoms with van der Waals surface area (Å²) in [5.41, 5.74) is 0.269. The zero-order valence-corrected chi connectivity index (χ0v) is 12.6. The van der Waals surface area contributed by atoms with E-state index in [-0.39, 0.29) is 10.6 Å². The molecule has 0 radical (unpaired) electrons. The minimum Gasteiger partial charge on any atom is -0.314 e. The van der Waals surface area contributed by atoms with E-state index in [0.29, 0.717) is 24.6 Å². The largest absolute Gasteiger partial charge is 0.314 e. The third-order valence-corrected chi connectivity index (χ3v) is 5.22. The van der Waals surface area contributed by atoms with Gasteiger partial charge in [0.15, 0.2) is 0 Å². The van der Waals surface area contributed by atoms with Gasteiger partial charge in [0.25, 0.3) is 5.69 Å². The minimum absolute atomic E-state index is 0.0314. The first-order valence-corrected chi connectivity index (χ1v) is 8.36. The predicted molar refractivity (Wildman–Crippen MR) is 78.7 cm³/mol. The Morgan fingerprint density at radius 1 is 1.48 bits per heavy atom. The first-order chi connectivity index (χ1) is 9.90. The highest BCUT2D eigenvalue weighted by Gasteiger charge is 2.21. The number of nitro groups is 1. The maximum absolute atomic E-state index is 12.2. The molecule has 1 fully saturated rings. The van der Waals surface area contributed by atoms with E-state index in [0.717, 1.165) is 25.5 Å². The monoisotopic (exact) mass is 313 g/mol. The number of nitrogens with one attached hydrogen (secondary N) is 2. The molecule has 1 unspecified atom stereocenters. The summed E-state index contributed by atoms with van der Waals surface area (Å²) in [4.78, 5) is 10.1. The third kappa shape index (κ3) is 3.99.